The first-order valence-electron chi connectivity index (χ1n) is 6.37. The number of hydrazine groups is 1. The van der Waals surface area contributed by atoms with E-state index in [0.29, 0.717) is 17.2 Å². The van der Waals surface area contributed by atoms with Crippen LogP contribution in [0, 0.1) is 11.8 Å². The van der Waals surface area contributed by atoms with Gasteiger partial charge in [-0.2, -0.15) is 0 Å². The number of nitrogens with one attached hydrogen (secondary N) is 1. The second-order valence-electron chi connectivity index (χ2n) is 4.13. The minimum absolute atomic E-state index is 0.0643. The maximum Gasteiger partial charge on any atom is 0.164 e. The summed E-state index contributed by atoms with van der Waals surface area (Å²) in [7, 11) is 4.80. The molecular formula is C15H22N2O3. The van der Waals surface area contributed by atoms with Crippen LogP contribution in [-0.4, -0.2) is 21.3 Å². The van der Waals surface area contributed by atoms with Crippen molar-refractivity contribution in [2.75, 3.05) is 21.3 Å². The molecule has 1 atom stereocenters. The summed E-state index contributed by atoms with van der Waals surface area (Å²) in [6, 6.07) is 3.61. The van der Waals surface area contributed by atoms with Gasteiger partial charge in [0.05, 0.1) is 27.4 Å². The molecule has 20 heavy (non-hydrogen) atoms. The van der Waals surface area contributed by atoms with Crippen LogP contribution in [0.15, 0.2) is 12.1 Å². The summed E-state index contributed by atoms with van der Waals surface area (Å²) in [5.41, 5.74) is 3.72. The first kappa shape index (κ1) is 16.2. The number of nitrogens with two attached hydrogens (primary N) is 1. The third kappa shape index (κ3) is 3.80. The highest BCUT2D eigenvalue weighted by atomic mass is 16.5. The van der Waals surface area contributed by atoms with E-state index in [1.54, 1.807) is 27.4 Å². The van der Waals surface area contributed by atoms with Crippen LogP contribution in [0.2, 0.25) is 0 Å². The monoisotopic (exact) mass is 278 g/mol. The van der Waals surface area contributed by atoms with Crippen molar-refractivity contribution in [1.82, 2.24) is 5.43 Å². The third-order valence-corrected chi connectivity index (χ3v) is 3.05. The average molecular weight is 278 g/mol. The molecule has 0 radical (unpaired) electrons. The fourth-order valence-electron chi connectivity index (χ4n) is 2.00. The van der Waals surface area contributed by atoms with Gasteiger partial charge < -0.3 is 14.2 Å². The Hall–Kier alpha value is -1.90. The van der Waals surface area contributed by atoms with E-state index in [9.17, 15) is 0 Å². The molecule has 5 heteroatoms. The van der Waals surface area contributed by atoms with E-state index in [4.69, 9.17) is 20.1 Å². The number of rotatable bonds is 7. The summed E-state index contributed by atoms with van der Waals surface area (Å²) in [4.78, 5) is 0. The second kappa shape index (κ2) is 8.31. The molecule has 0 heterocycles. The minimum atomic E-state index is -0.0643. The summed E-state index contributed by atoms with van der Waals surface area (Å²) in [5.74, 6) is 13.5. The minimum Gasteiger partial charge on any atom is -0.496 e. The molecule has 0 bridgehead atoms. The molecule has 0 spiro atoms. The quantitative estimate of drug-likeness (QED) is 0.454. The fourth-order valence-corrected chi connectivity index (χ4v) is 2.00. The Morgan fingerprint density at radius 1 is 1.10 bits per heavy atom. The SMILES string of the molecule is CC#CCCC(NN)c1cc(OC)c(OC)cc1OC. The van der Waals surface area contributed by atoms with Crippen LogP contribution in [0.5, 0.6) is 17.2 Å². The number of benzene rings is 1. The molecule has 3 N–H and O–H groups in total. The summed E-state index contributed by atoms with van der Waals surface area (Å²) in [5, 5.41) is 0. The van der Waals surface area contributed by atoms with E-state index in [0.717, 1.165) is 18.4 Å². The van der Waals surface area contributed by atoms with E-state index in [2.05, 4.69) is 17.3 Å². The Labute approximate surface area is 120 Å². The molecule has 0 fully saturated rings. The van der Waals surface area contributed by atoms with Crippen molar-refractivity contribution in [1.29, 1.82) is 0 Å². The Morgan fingerprint density at radius 3 is 2.20 bits per heavy atom. The van der Waals surface area contributed by atoms with Gasteiger partial charge in [0.1, 0.15) is 5.75 Å². The van der Waals surface area contributed by atoms with Crippen molar-refractivity contribution in [2.24, 2.45) is 5.84 Å². The van der Waals surface area contributed by atoms with Crippen LogP contribution in [-0.2, 0) is 0 Å². The molecule has 1 aromatic carbocycles. The van der Waals surface area contributed by atoms with Crippen molar-refractivity contribution in [3.63, 3.8) is 0 Å². The largest absolute Gasteiger partial charge is 0.496 e. The van der Waals surface area contributed by atoms with Gasteiger partial charge in [0, 0.05) is 18.1 Å². The van der Waals surface area contributed by atoms with Crippen LogP contribution < -0.4 is 25.5 Å². The maximum absolute atomic E-state index is 5.65. The van der Waals surface area contributed by atoms with Crippen molar-refractivity contribution in [2.45, 2.75) is 25.8 Å². The van der Waals surface area contributed by atoms with Crippen LogP contribution in [0.25, 0.3) is 0 Å². The number of methoxy groups -OCH3 is 3. The van der Waals surface area contributed by atoms with Crippen molar-refractivity contribution in [3.05, 3.63) is 17.7 Å². The Bertz CT molecular complexity index is 492. The molecule has 1 aromatic rings. The van der Waals surface area contributed by atoms with E-state index < -0.39 is 0 Å². The highest BCUT2D eigenvalue weighted by molar-refractivity contribution is 5.51. The zero-order valence-electron chi connectivity index (χ0n) is 12.4. The number of hydrogen-bond donors (Lipinski definition) is 2. The second-order valence-corrected chi connectivity index (χ2v) is 4.13. The summed E-state index contributed by atoms with van der Waals surface area (Å²) >= 11 is 0. The lowest BCUT2D eigenvalue weighted by molar-refractivity contribution is 0.344. The van der Waals surface area contributed by atoms with Crippen LogP contribution >= 0.6 is 0 Å². The normalized spacial score (nSPS) is 11.2. The summed E-state index contributed by atoms with van der Waals surface area (Å²) in [6.45, 7) is 1.82. The van der Waals surface area contributed by atoms with E-state index in [1.807, 2.05) is 13.0 Å². The molecular weight excluding hydrogens is 256 g/mol. The standard InChI is InChI=1S/C15H22N2O3/c1-5-6-7-8-12(17-16)11-9-14(19-3)15(20-4)10-13(11)18-2/h9-10,12,17H,7-8,16H2,1-4H3. The predicted molar refractivity (Wildman–Crippen MR) is 78.8 cm³/mol. The maximum atomic E-state index is 5.65. The average Bonchev–Trinajstić information content (AvgIpc) is 2.50. The molecule has 110 valence electrons. The fraction of sp³-hybridized carbons (Fsp3) is 0.467. The first-order chi connectivity index (χ1) is 9.71. The van der Waals surface area contributed by atoms with Crippen molar-refractivity contribution < 1.29 is 14.2 Å². The summed E-state index contributed by atoms with van der Waals surface area (Å²) in [6.07, 6.45) is 1.53. The lowest BCUT2D eigenvalue weighted by Crippen LogP contribution is -2.28. The zero-order valence-corrected chi connectivity index (χ0v) is 12.4. The van der Waals surface area contributed by atoms with Gasteiger partial charge in [-0.25, -0.2) is 0 Å². The van der Waals surface area contributed by atoms with Crippen LogP contribution in [0.1, 0.15) is 31.4 Å². The smallest absolute Gasteiger partial charge is 0.164 e. The van der Waals surface area contributed by atoms with E-state index in [-0.39, 0.29) is 6.04 Å². The molecule has 0 aromatic heterocycles. The van der Waals surface area contributed by atoms with Crippen molar-refractivity contribution >= 4 is 0 Å². The first-order valence-corrected chi connectivity index (χ1v) is 6.37. The Morgan fingerprint density at radius 2 is 1.70 bits per heavy atom. The van der Waals surface area contributed by atoms with Crippen LogP contribution in [0.4, 0.5) is 0 Å². The molecule has 0 aliphatic heterocycles. The van der Waals surface area contributed by atoms with Crippen molar-refractivity contribution in [3.8, 4) is 29.1 Å². The van der Waals surface area contributed by atoms with Crippen LogP contribution in [0.3, 0.4) is 0 Å². The number of ether oxygens (including phenoxy) is 3. The van der Waals surface area contributed by atoms with E-state index in [1.165, 1.54) is 0 Å². The highest BCUT2D eigenvalue weighted by Crippen LogP contribution is 2.38. The lowest BCUT2D eigenvalue weighted by Gasteiger charge is -2.20. The predicted octanol–water partition coefficient (Wildman–Crippen LogP) is 2.02. The van der Waals surface area contributed by atoms with Gasteiger partial charge in [-0.05, 0) is 19.4 Å². The van der Waals surface area contributed by atoms with Gasteiger partial charge in [-0.1, -0.05) is 0 Å². The zero-order chi connectivity index (χ0) is 15.0. The third-order valence-electron chi connectivity index (χ3n) is 3.05. The topological polar surface area (TPSA) is 65.7 Å². The molecule has 5 nitrogen and oxygen atoms in total. The molecule has 1 unspecified atom stereocenters. The molecule has 0 saturated heterocycles. The van der Waals surface area contributed by atoms with Gasteiger partial charge in [-0.3, -0.25) is 11.3 Å². The Balaban J connectivity index is 3.14. The van der Waals surface area contributed by atoms with E-state index >= 15 is 0 Å². The van der Waals surface area contributed by atoms with Gasteiger partial charge in [-0.15, -0.1) is 11.8 Å². The molecule has 0 amide bonds. The molecule has 1 rings (SSSR count). The Kier molecular flexibility index (Phi) is 6.71. The van der Waals surface area contributed by atoms with Gasteiger partial charge in [0.15, 0.2) is 11.5 Å². The number of hydrogen-bond acceptors (Lipinski definition) is 5. The van der Waals surface area contributed by atoms with Gasteiger partial charge in [0.25, 0.3) is 0 Å². The highest BCUT2D eigenvalue weighted by Gasteiger charge is 2.18. The molecule has 0 saturated carbocycles. The lowest BCUT2D eigenvalue weighted by atomic mass is 10.0. The van der Waals surface area contributed by atoms with Gasteiger partial charge >= 0.3 is 0 Å². The van der Waals surface area contributed by atoms with Gasteiger partial charge in [0.2, 0.25) is 0 Å². The molecule has 0 aliphatic rings. The molecule has 0 aliphatic carbocycles. The summed E-state index contributed by atoms with van der Waals surface area (Å²) < 4.78 is 16.0.